The van der Waals surface area contributed by atoms with Crippen molar-refractivity contribution in [1.29, 1.82) is 0 Å². The fourth-order valence-corrected chi connectivity index (χ4v) is 3.39. The van der Waals surface area contributed by atoms with Gasteiger partial charge in [-0.05, 0) is 19.8 Å². The van der Waals surface area contributed by atoms with Crippen LogP contribution in [-0.4, -0.2) is 43.7 Å². The van der Waals surface area contributed by atoms with Crippen molar-refractivity contribution < 1.29 is 4.79 Å². The van der Waals surface area contributed by atoms with Crippen LogP contribution in [0.15, 0.2) is 0 Å². The van der Waals surface area contributed by atoms with Gasteiger partial charge in [0, 0.05) is 25.9 Å². The largest absolute Gasteiger partial charge is 0.343 e. The monoisotopic (exact) mass is 265 g/mol. The number of carbonyl (C=O) groups excluding carboxylic acids is 1. The van der Waals surface area contributed by atoms with Gasteiger partial charge in [0.05, 0.1) is 0 Å². The van der Waals surface area contributed by atoms with E-state index in [4.69, 9.17) is 0 Å². The Bertz CT molecular complexity index is 581. The van der Waals surface area contributed by atoms with Crippen molar-refractivity contribution in [3.8, 4) is 0 Å². The zero-order valence-electron chi connectivity index (χ0n) is 10.5. The van der Waals surface area contributed by atoms with Crippen LogP contribution >= 0.6 is 11.3 Å². The Hall–Kier alpha value is -1.50. The average Bonchev–Trinajstić information content (AvgIpc) is 2.92. The molecule has 1 aliphatic rings. The minimum atomic E-state index is 0.169. The Balaban J connectivity index is 1.78. The maximum atomic E-state index is 11.3. The lowest BCUT2D eigenvalue weighted by Crippen LogP contribution is -2.36. The number of hydrogen-bond donors (Lipinski definition) is 0. The van der Waals surface area contributed by atoms with E-state index in [1.807, 2.05) is 11.8 Å². The number of amides is 1. The van der Waals surface area contributed by atoms with E-state index in [2.05, 4.69) is 15.3 Å². The van der Waals surface area contributed by atoms with Gasteiger partial charge in [-0.25, -0.2) is 0 Å². The maximum Gasteiger partial charge on any atom is 0.234 e. The van der Waals surface area contributed by atoms with E-state index in [9.17, 15) is 4.79 Å². The highest BCUT2D eigenvalue weighted by Crippen LogP contribution is 2.30. The molecule has 0 saturated carbocycles. The highest BCUT2D eigenvalue weighted by atomic mass is 32.1. The molecular formula is C11H15N5OS. The second-order valence-electron chi connectivity index (χ2n) is 4.66. The van der Waals surface area contributed by atoms with Crippen molar-refractivity contribution in [2.45, 2.75) is 32.6 Å². The summed E-state index contributed by atoms with van der Waals surface area (Å²) >= 11 is 1.61. The van der Waals surface area contributed by atoms with Crippen LogP contribution in [0, 0.1) is 6.92 Å². The molecule has 7 heteroatoms. The lowest BCUT2D eigenvalue weighted by molar-refractivity contribution is -0.129. The second kappa shape index (κ2) is 4.31. The predicted octanol–water partition coefficient (Wildman–Crippen LogP) is 1.22. The molecule has 0 N–H and O–H groups in total. The molecule has 0 spiro atoms. The van der Waals surface area contributed by atoms with Gasteiger partial charge in [0.15, 0.2) is 5.82 Å². The molecule has 0 radical (unpaired) electrons. The fraction of sp³-hybridized carbons (Fsp3) is 0.636. The van der Waals surface area contributed by atoms with Crippen molar-refractivity contribution in [2.75, 3.05) is 13.1 Å². The smallest absolute Gasteiger partial charge is 0.234 e. The third kappa shape index (κ3) is 1.88. The lowest BCUT2D eigenvalue weighted by Gasteiger charge is -2.29. The number of piperidine rings is 1. The molecule has 2 aromatic rings. The molecule has 1 aliphatic heterocycles. The van der Waals surface area contributed by atoms with E-state index in [-0.39, 0.29) is 5.91 Å². The summed E-state index contributed by atoms with van der Waals surface area (Å²) < 4.78 is 1.80. The number of hydrogen-bond acceptors (Lipinski definition) is 5. The molecule has 0 unspecified atom stereocenters. The summed E-state index contributed by atoms with van der Waals surface area (Å²) in [4.78, 5) is 14.0. The number of fused-ring (bicyclic) bond motifs is 1. The normalized spacial score (nSPS) is 17.6. The maximum absolute atomic E-state index is 11.3. The van der Waals surface area contributed by atoms with Crippen LogP contribution in [0.3, 0.4) is 0 Å². The number of carbonyl (C=O) groups is 1. The summed E-state index contributed by atoms with van der Waals surface area (Å²) in [6, 6.07) is 0. The zero-order valence-corrected chi connectivity index (χ0v) is 11.3. The molecule has 0 atom stereocenters. The molecule has 1 amide bonds. The molecule has 18 heavy (non-hydrogen) atoms. The minimum Gasteiger partial charge on any atom is -0.343 e. The van der Waals surface area contributed by atoms with Crippen molar-refractivity contribution in [3.05, 3.63) is 10.8 Å². The Kier molecular flexibility index (Phi) is 2.77. The Labute approximate surface area is 109 Å². The van der Waals surface area contributed by atoms with Crippen molar-refractivity contribution >= 4 is 22.2 Å². The standard InChI is InChI=1S/C11H15N5OS/c1-7-12-13-11-16(7)14-10(18-11)9-3-5-15(6-4-9)8(2)17/h9H,3-6H2,1-2H3. The van der Waals surface area contributed by atoms with Crippen molar-refractivity contribution in [2.24, 2.45) is 0 Å². The van der Waals surface area contributed by atoms with Gasteiger partial charge in [-0.3, -0.25) is 4.79 Å². The van der Waals surface area contributed by atoms with E-state index < -0.39 is 0 Å². The molecule has 3 heterocycles. The Morgan fingerprint density at radius 2 is 2.06 bits per heavy atom. The summed E-state index contributed by atoms with van der Waals surface area (Å²) in [5, 5.41) is 13.8. The fourth-order valence-electron chi connectivity index (χ4n) is 2.34. The third-order valence-electron chi connectivity index (χ3n) is 3.45. The Morgan fingerprint density at radius 1 is 1.33 bits per heavy atom. The zero-order chi connectivity index (χ0) is 12.7. The topological polar surface area (TPSA) is 63.4 Å². The lowest BCUT2D eigenvalue weighted by atomic mass is 9.98. The van der Waals surface area contributed by atoms with Crippen molar-refractivity contribution in [3.63, 3.8) is 0 Å². The van der Waals surface area contributed by atoms with Gasteiger partial charge < -0.3 is 4.90 Å². The summed E-state index contributed by atoms with van der Waals surface area (Å²) in [6.45, 7) is 5.20. The molecule has 0 aliphatic carbocycles. The van der Waals surface area contributed by atoms with Gasteiger partial charge in [0.25, 0.3) is 0 Å². The van der Waals surface area contributed by atoms with E-state index in [0.717, 1.165) is 41.7 Å². The predicted molar refractivity (Wildman–Crippen MR) is 67.6 cm³/mol. The van der Waals surface area contributed by atoms with Crippen LogP contribution in [0.25, 0.3) is 4.96 Å². The minimum absolute atomic E-state index is 0.169. The number of nitrogens with zero attached hydrogens (tertiary/aromatic N) is 5. The van der Waals surface area contributed by atoms with Crippen LogP contribution in [0.5, 0.6) is 0 Å². The molecule has 0 aromatic carbocycles. The first kappa shape index (κ1) is 11.6. The molecule has 2 aromatic heterocycles. The Morgan fingerprint density at radius 3 is 2.67 bits per heavy atom. The summed E-state index contributed by atoms with van der Waals surface area (Å²) in [6.07, 6.45) is 1.98. The van der Waals surface area contributed by atoms with Crippen LogP contribution < -0.4 is 0 Å². The van der Waals surface area contributed by atoms with E-state index in [0.29, 0.717) is 5.92 Å². The third-order valence-corrected chi connectivity index (χ3v) is 4.51. The molecule has 0 bridgehead atoms. The molecule has 1 saturated heterocycles. The number of aromatic nitrogens is 4. The quantitative estimate of drug-likeness (QED) is 0.777. The second-order valence-corrected chi connectivity index (χ2v) is 5.65. The molecule has 6 nitrogen and oxygen atoms in total. The van der Waals surface area contributed by atoms with Crippen LogP contribution in [0.1, 0.15) is 36.5 Å². The summed E-state index contributed by atoms with van der Waals surface area (Å²) in [5.41, 5.74) is 0. The van der Waals surface area contributed by atoms with Gasteiger partial charge in [-0.15, -0.1) is 10.2 Å². The molecule has 1 fully saturated rings. The summed E-state index contributed by atoms with van der Waals surface area (Å²) in [5.74, 6) is 1.45. The number of rotatable bonds is 1. The highest BCUT2D eigenvalue weighted by molar-refractivity contribution is 7.16. The van der Waals surface area contributed by atoms with Crippen molar-refractivity contribution in [1.82, 2.24) is 24.7 Å². The SMILES string of the molecule is CC(=O)N1CCC(c2nn3c(C)nnc3s2)CC1. The van der Waals surface area contributed by atoms with Crippen LogP contribution in [0.2, 0.25) is 0 Å². The first-order valence-corrected chi connectivity index (χ1v) is 6.91. The first-order valence-electron chi connectivity index (χ1n) is 6.09. The van der Waals surface area contributed by atoms with Gasteiger partial charge in [-0.2, -0.15) is 9.61 Å². The van der Waals surface area contributed by atoms with Gasteiger partial charge in [0.1, 0.15) is 5.01 Å². The van der Waals surface area contributed by atoms with Gasteiger partial charge >= 0.3 is 0 Å². The van der Waals surface area contributed by atoms with E-state index >= 15 is 0 Å². The molecule has 3 rings (SSSR count). The molecular weight excluding hydrogens is 250 g/mol. The van der Waals surface area contributed by atoms with E-state index in [1.165, 1.54) is 0 Å². The number of likely N-dealkylation sites (tertiary alicyclic amines) is 1. The van der Waals surface area contributed by atoms with Gasteiger partial charge in [-0.1, -0.05) is 11.3 Å². The van der Waals surface area contributed by atoms with Gasteiger partial charge in [0.2, 0.25) is 10.9 Å². The first-order chi connectivity index (χ1) is 8.65. The number of aryl methyl sites for hydroxylation is 1. The molecule has 96 valence electrons. The van der Waals surface area contributed by atoms with E-state index in [1.54, 1.807) is 22.8 Å². The highest BCUT2D eigenvalue weighted by Gasteiger charge is 2.25. The van der Waals surface area contributed by atoms with Crippen LogP contribution in [0.4, 0.5) is 0 Å². The summed E-state index contributed by atoms with van der Waals surface area (Å²) in [7, 11) is 0. The van der Waals surface area contributed by atoms with Crippen LogP contribution in [-0.2, 0) is 4.79 Å². The average molecular weight is 265 g/mol.